The van der Waals surface area contributed by atoms with Crippen LogP contribution in [0.25, 0.3) is 0 Å². The summed E-state index contributed by atoms with van der Waals surface area (Å²) in [4.78, 5) is 10.8. The van der Waals surface area contributed by atoms with E-state index in [4.69, 9.17) is 14.2 Å². The van der Waals surface area contributed by atoms with Crippen LogP contribution in [0.5, 0.6) is 17.4 Å². The van der Waals surface area contributed by atoms with E-state index in [0.717, 1.165) is 42.5 Å². The average molecular weight is 354 g/mol. The highest BCUT2D eigenvalue weighted by Crippen LogP contribution is 2.32. The summed E-state index contributed by atoms with van der Waals surface area (Å²) >= 11 is 0. The first-order valence-electron chi connectivity index (χ1n) is 8.73. The van der Waals surface area contributed by atoms with Crippen molar-refractivity contribution < 1.29 is 14.2 Å². The zero-order valence-electron chi connectivity index (χ0n) is 14.7. The van der Waals surface area contributed by atoms with E-state index in [9.17, 15) is 0 Å². The molecule has 7 heteroatoms. The van der Waals surface area contributed by atoms with Crippen molar-refractivity contribution in [1.82, 2.24) is 15.2 Å². The van der Waals surface area contributed by atoms with Crippen molar-refractivity contribution in [3.8, 4) is 17.4 Å². The van der Waals surface area contributed by atoms with Crippen molar-refractivity contribution in [2.75, 3.05) is 26.9 Å². The highest BCUT2D eigenvalue weighted by molar-refractivity contribution is 5.80. The predicted octanol–water partition coefficient (Wildman–Crippen LogP) is 2.04. The minimum absolute atomic E-state index is 0.119. The maximum Gasteiger partial charge on any atom is 0.231 e. The van der Waals surface area contributed by atoms with E-state index in [1.54, 1.807) is 13.2 Å². The first kappa shape index (κ1) is 16.5. The Balaban J connectivity index is 1.32. The molecule has 2 aliphatic rings. The number of aromatic nitrogens is 1. The lowest BCUT2D eigenvalue weighted by molar-refractivity contribution is 0.174. The van der Waals surface area contributed by atoms with Crippen LogP contribution in [0.4, 0.5) is 0 Å². The molecule has 4 rings (SSSR count). The third kappa shape index (κ3) is 3.66. The Morgan fingerprint density at radius 2 is 2.23 bits per heavy atom. The summed E-state index contributed by atoms with van der Waals surface area (Å²) in [6.45, 7) is 2.65. The van der Waals surface area contributed by atoms with Crippen LogP contribution in [0, 0.1) is 0 Å². The largest absolute Gasteiger partial charge is 0.472 e. The fourth-order valence-electron chi connectivity index (χ4n) is 3.17. The van der Waals surface area contributed by atoms with Gasteiger partial charge < -0.3 is 24.4 Å². The number of rotatable bonds is 4. The molecule has 0 bridgehead atoms. The van der Waals surface area contributed by atoms with Gasteiger partial charge in [0.25, 0.3) is 0 Å². The number of hydrogen-bond donors (Lipinski definition) is 1. The second kappa shape index (κ2) is 7.51. The van der Waals surface area contributed by atoms with E-state index in [0.29, 0.717) is 19.2 Å². The number of likely N-dealkylation sites (tertiary alicyclic amines) is 1. The molecule has 0 radical (unpaired) electrons. The molecular weight excluding hydrogens is 332 g/mol. The lowest BCUT2D eigenvalue weighted by atomic mass is 10.2. The zero-order valence-corrected chi connectivity index (χ0v) is 14.7. The van der Waals surface area contributed by atoms with Gasteiger partial charge in [0.2, 0.25) is 12.7 Å². The molecule has 0 spiro atoms. The van der Waals surface area contributed by atoms with Gasteiger partial charge in [-0.05, 0) is 23.8 Å². The molecule has 3 heterocycles. The van der Waals surface area contributed by atoms with Gasteiger partial charge in [-0.3, -0.25) is 4.99 Å². The van der Waals surface area contributed by atoms with Crippen LogP contribution in [-0.2, 0) is 6.54 Å². The monoisotopic (exact) mass is 354 g/mol. The highest BCUT2D eigenvalue weighted by atomic mass is 16.7. The molecule has 0 aliphatic carbocycles. The van der Waals surface area contributed by atoms with E-state index in [1.807, 2.05) is 36.4 Å². The van der Waals surface area contributed by atoms with Gasteiger partial charge in [-0.2, -0.15) is 0 Å². The van der Waals surface area contributed by atoms with Crippen molar-refractivity contribution >= 4 is 5.96 Å². The summed E-state index contributed by atoms with van der Waals surface area (Å²) in [7, 11) is 1.80. The Kier molecular flexibility index (Phi) is 4.77. The molecule has 1 aromatic carbocycles. The van der Waals surface area contributed by atoms with Gasteiger partial charge in [0.05, 0.1) is 6.54 Å². The Morgan fingerprint density at radius 3 is 3.08 bits per heavy atom. The quantitative estimate of drug-likeness (QED) is 0.669. The minimum Gasteiger partial charge on any atom is -0.472 e. The third-order valence-corrected chi connectivity index (χ3v) is 4.47. The number of hydrogen-bond acceptors (Lipinski definition) is 5. The van der Waals surface area contributed by atoms with E-state index >= 15 is 0 Å². The van der Waals surface area contributed by atoms with E-state index in [2.05, 4.69) is 20.2 Å². The Labute approximate surface area is 152 Å². The first-order valence-corrected chi connectivity index (χ1v) is 8.73. The van der Waals surface area contributed by atoms with Crippen LogP contribution >= 0.6 is 0 Å². The van der Waals surface area contributed by atoms with Gasteiger partial charge in [0.1, 0.15) is 6.10 Å². The molecular formula is C19H22N4O3. The number of pyridine rings is 1. The van der Waals surface area contributed by atoms with Crippen LogP contribution in [0.1, 0.15) is 12.0 Å². The molecule has 2 aromatic rings. The second-order valence-corrected chi connectivity index (χ2v) is 6.23. The topological polar surface area (TPSA) is 68.2 Å². The zero-order chi connectivity index (χ0) is 17.8. The van der Waals surface area contributed by atoms with Gasteiger partial charge in [-0.1, -0.05) is 12.1 Å². The molecule has 7 nitrogen and oxygen atoms in total. The Bertz CT molecular complexity index is 782. The van der Waals surface area contributed by atoms with Crippen molar-refractivity contribution in [2.24, 2.45) is 4.99 Å². The SMILES string of the molecule is CN=C(NCc1ccc2c(c1)OCO2)N1CCC(Oc2ccccn2)C1. The molecule has 0 saturated carbocycles. The molecule has 0 amide bonds. The van der Waals surface area contributed by atoms with Gasteiger partial charge >= 0.3 is 0 Å². The summed E-state index contributed by atoms with van der Waals surface area (Å²) in [5, 5.41) is 3.41. The summed E-state index contributed by atoms with van der Waals surface area (Å²) < 4.78 is 16.7. The average Bonchev–Trinajstić information content (AvgIpc) is 3.32. The van der Waals surface area contributed by atoms with Crippen LogP contribution in [0.2, 0.25) is 0 Å². The van der Waals surface area contributed by atoms with Crippen molar-refractivity contribution in [2.45, 2.75) is 19.1 Å². The molecule has 2 aliphatic heterocycles. The highest BCUT2D eigenvalue weighted by Gasteiger charge is 2.26. The number of nitrogens with one attached hydrogen (secondary N) is 1. The normalized spacial score (nSPS) is 18.9. The van der Waals surface area contributed by atoms with Crippen LogP contribution in [0.15, 0.2) is 47.6 Å². The number of ether oxygens (including phenoxy) is 3. The molecule has 26 heavy (non-hydrogen) atoms. The fraction of sp³-hybridized carbons (Fsp3) is 0.368. The number of nitrogens with zero attached hydrogens (tertiary/aromatic N) is 3. The molecule has 1 unspecified atom stereocenters. The number of guanidine groups is 1. The van der Waals surface area contributed by atoms with Gasteiger partial charge in [0.15, 0.2) is 17.5 Å². The maximum absolute atomic E-state index is 5.95. The van der Waals surface area contributed by atoms with E-state index < -0.39 is 0 Å². The molecule has 136 valence electrons. The lowest BCUT2D eigenvalue weighted by Gasteiger charge is -2.21. The summed E-state index contributed by atoms with van der Waals surface area (Å²) in [5.41, 5.74) is 1.12. The minimum atomic E-state index is 0.119. The third-order valence-electron chi connectivity index (χ3n) is 4.47. The fourth-order valence-corrected chi connectivity index (χ4v) is 3.17. The lowest BCUT2D eigenvalue weighted by Crippen LogP contribution is -2.40. The number of benzene rings is 1. The van der Waals surface area contributed by atoms with Crippen LogP contribution in [-0.4, -0.2) is 48.9 Å². The molecule has 1 atom stereocenters. The maximum atomic E-state index is 5.95. The van der Waals surface area contributed by atoms with Crippen molar-refractivity contribution in [3.05, 3.63) is 48.2 Å². The molecule has 1 aromatic heterocycles. The van der Waals surface area contributed by atoms with Crippen LogP contribution < -0.4 is 19.5 Å². The Hall–Kier alpha value is -2.96. The molecule has 1 fully saturated rings. The van der Waals surface area contributed by atoms with Gasteiger partial charge in [0, 0.05) is 38.8 Å². The second-order valence-electron chi connectivity index (χ2n) is 6.23. The van der Waals surface area contributed by atoms with Gasteiger partial charge in [-0.25, -0.2) is 4.98 Å². The molecule has 1 saturated heterocycles. The summed E-state index contributed by atoms with van der Waals surface area (Å²) in [6.07, 6.45) is 2.81. The summed E-state index contributed by atoms with van der Waals surface area (Å²) in [6, 6.07) is 11.7. The standard InChI is InChI=1S/C19H22N4O3/c1-20-19(22-11-14-5-6-16-17(10-14)25-13-24-16)23-9-7-15(12-23)26-18-4-2-3-8-21-18/h2-6,8,10,15H,7,9,11-13H2,1H3,(H,20,22). The van der Waals surface area contributed by atoms with Crippen LogP contribution in [0.3, 0.4) is 0 Å². The van der Waals surface area contributed by atoms with E-state index in [1.165, 1.54) is 0 Å². The van der Waals surface area contributed by atoms with Crippen molar-refractivity contribution in [3.63, 3.8) is 0 Å². The molecule has 1 N–H and O–H groups in total. The number of aliphatic imine (C=N–C) groups is 1. The predicted molar refractivity (Wildman–Crippen MR) is 97.6 cm³/mol. The van der Waals surface area contributed by atoms with E-state index in [-0.39, 0.29) is 6.10 Å². The number of fused-ring (bicyclic) bond motifs is 1. The first-order chi connectivity index (χ1) is 12.8. The summed E-state index contributed by atoms with van der Waals surface area (Å²) in [5.74, 6) is 3.13. The van der Waals surface area contributed by atoms with Gasteiger partial charge in [-0.15, -0.1) is 0 Å². The van der Waals surface area contributed by atoms with Crippen molar-refractivity contribution in [1.29, 1.82) is 0 Å². The smallest absolute Gasteiger partial charge is 0.231 e. The Morgan fingerprint density at radius 1 is 1.31 bits per heavy atom.